The summed E-state index contributed by atoms with van der Waals surface area (Å²) in [5.74, 6) is 3.06. The van der Waals surface area contributed by atoms with Crippen LogP contribution in [0.5, 0.6) is 0 Å². The molecule has 0 aliphatic rings. The van der Waals surface area contributed by atoms with Gasteiger partial charge < -0.3 is 0 Å². The Labute approximate surface area is 72.4 Å². The standard InChI is InChI=1S/C11H23/c1-8(2)7-11(9(3)4)10(5)6/h8-11H,1,7H2,2-6H3. The molecule has 1 radical (unpaired) electrons. The van der Waals surface area contributed by atoms with E-state index in [2.05, 4.69) is 41.5 Å². The molecular weight excluding hydrogens is 132 g/mol. The molecule has 0 bridgehead atoms. The third kappa shape index (κ3) is 4.44. The molecule has 0 heteroatoms. The van der Waals surface area contributed by atoms with Crippen LogP contribution in [-0.2, 0) is 0 Å². The van der Waals surface area contributed by atoms with Crippen LogP contribution in [0.2, 0.25) is 0 Å². The van der Waals surface area contributed by atoms with Crippen LogP contribution in [0.4, 0.5) is 0 Å². The van der Waals surface area contributed by atoms with Crippen molar-refractivity contribution < 1.29 is 0 Å². The minimum Gasteiger partial charge on any atom is -0.0625 e. The smallest absolute Gasteiger partial charge is 0.0365 e. The van der Waals surface area contributed by atoms with Gasteiger partial charge in [-0.25, -0.2) is 0 Å². The Morgan fingerprint density at radius 3 is 1.36 bits per heavy atom. The monoisotopic (exact) mass is 155 g/mol. The zero-order chi connectivity index (χ0) is 9.02. The second kappa shape index (κ2) is 4.79. The highest BCUT2D eigenvalue weighted by Gasteiger charge is 2.17. The van der Waals surface area contributed by atoms with Gasteiger partial charge in [0.05, 0.1) is 0 Å². The number of rotatable bonds is 4. The van der Waals surface area contributed by atoms with Crippen LogP contribution in [0.25, 0.3) is 0 Å². The molecule has 0 aromatic rings. The highest BCUT2D eigenvalue weighted by atomic mass is 14.2. The third-order valence-corrected chi connectivity index (χ3v) is 2.39. The fourth-order valence-electron chi connectivity index (χ4n) is 1.78. The van der Waals surface area contributed by atoms with Gasteiger partial charge in [-0.3, -0.25) is 0 Å². The molecule has 0 heterocycles. The Bertz CT molecular complexity index is 82.2. The fourth-order valence-corrected chi connectivity index (χ4v) is 1.78. The zero-order valence-corrected chi connectivity index (χ0v) is 8.72. The van der Waals surface area contributed by atoms with Gasteiger partial charge in [0.2, 0.25) is 0 Å². The lowest BCUT2D eigenvalue weighted by molar-refractivity contribution is 0.248. The molecule has 0 N–H and O–H groups in total. The summed E-state index contributed by atoms with van der Waals surface area (Å²) < 4.78 is 0. The fraction of sp³-hybridized carbons (Fsp3) is 0.909. The van der Waals surface area contributed by atoms with Gasteiger partial charge in [0.15, 0.2) is 0 Å². The predicted octanol–water partition coefficient (Wildman–Crippen LogP) is 3.77. The zero-order valence-electron chi connectivity index (χ0n) is 8.72. The predicted molar refractivity (Wildman–Crippen MR) is 52.3 cm³/mol. The van der Waals surface area contributed by atoms with E-state index in [4.69, 9.17) is 0 Å². The van der Waals surface area contributed by atoms with Crippen molar-refractivity contribution in [2.75, 3.05) is 0 Å². The normalized spacial score (nSPS) is 12.5. The molecule has 0 fully saturated rings. The molecule has 0 spiro atoms. The molecule has 1 atom stereocenters. The summed E-state index contributed by atoms with van der Waals surface area (Å²) >= 11 is 0. The average Bonchev–Trinajstić information content (AvgIpc) is 1.81. The Morgan fingerprint density at radius 1 is 0.909 bits per heavy atom. The van der Waals surface area contributed by atoms with E-state index in [-0.39, 0.29) is 0 Å². The first-order chi connectivity index (χ1) is 4.95. The first-order valence-corrected chi connectivity index (χ1v) is 4.78. The molecule has 11 heavy (non-hydrogen) atoms. The van der Waals surface area contributed by atoms with Gasteiger partial charge in [-0.2, -0.15) is 0 Å². The second-order valence-electron chi connectivity index (χ2n) is 4.49. The van der Waals surface area contributed by atoms with E-state index in [0.717, 1.165) is 17.8 Å². The summed E-state index contributed by atoms with van der Waals surface area (Å²) in [6, 6.07) is 0. The van der Waals surface area contributed by atoms with Crippen LogP contribution < -0.4 is 0 Å². The van der Waals surface area contributed by atoms with E-state index in [9.17, 15) is 0 Å². The Morgan fingerprint density at radius 2 is 1.27 bits per heavy atom. The van der Waals surface area contributed by atoms with Crippen LogP contribution in [-0.4, -0.2) is 0 Å². The van der Waals surface area contributed by atoms with Crippen molar-refractivity contribution in [3.8, 4) is 0 Å². The summed E-state index contributed by atoms with van der Waals surface area (Å²) in [4.78, 5) is 0. The van der Waals surface area contributed by atoms with Gasteiger partial charge in [0.1, 0.15) is 0 Å². The minimum absolute atomic E-state index is 0.602. The van der Waals surface area contributed by atoms with Gasteiger partial charge in [0, 0.05) is 0 Å². The van der Waals surface area contributed by atoms with Crippen molar-refractivity contribution in [1.29, 1.82) is 0 Å². The average molecular weight is 155 g/mol. The lowest BCUT2D eigenvalue weighted by atomic mass is 9.80. The quantitative estimate of drug-likeness (QED) is 0.579. The molecule has 0 rings (SSSR count). The number of hydrogen-bond donors (Lipinski definition) is 0. The first-order valence-electron chi connectivity index (χ1n) is 4.78. The van der Waals surface area contributed by atoms with Crippen molar-refractivity contribution in [1.82, 2.24) is 0 Å². The Balaban J connectivity index is 3.90. The Kier molecular flexibility index (Phi) is 4.79. The molecule has 67 valence electrons. The maximum atomic E-state index is 4.04. The molecule has 0 amide bonds. The molecule has 0 saturated heterocycles. The van der Waals surface area contributed by atoms with Gasteiger partial charge >= 0.3 is 0 Å². The van der Waals surface area contributed by atoms with Gasteiger partial charge in [0.25, 0.3) is 0 Å². The van der Waals surface area contributed by atoms with Crippen molar-refractivity contribution >= 4 is 0 Å². The molecule has 0 aromatic heterocycles. The molecule has 1 unspecified atom stereocenters. The van der Waals surface area contributed by atoms with Crippen LogP contribution in [0.3, 0.4) is 0 Å². The van der Waals surface area contributed by atoms with E-state index >= 15 is 0 Å². The summed E-state index contributed by atoms with van der Waals surface area (Å²) in [6.45, 7) is 15.5. The maximum absolute atomic E-state index is 4.04. The van der Waals surface area contributed by atoms with Crippen LogP contribution in [0.15, 0.2) is 0 Å². The van der Waals surface area contributed by atoms with Crippen molar-refractivity contribution in [2.24, 2.45) is 23.7 Å². The molecule has 0 aromatic carbocycles. The SMILES string of the molecule is [CH2]C(C)CC(C(C)C)C(C)C. The first kappa shape index (κ1) is 11.0. The van der Waals surface area contributed by atoms with E-state index in [1.54, 1.807) is 0 Å². The Hall–Kier alpha value is 0. The van der Waals surface area contributed by atoms with Gasteiger partial charge in [-0.15, -0.1) is 0 Å². The summed E-state index contributed by atoms with van der Waals surface area (Å²) in [5, 5.41) is 0. The summed E-state index contributed by atoms with van der Waals surface area (Å²) in [5.41, 5.74) is 0. The van der Waals surface area contributed by atoms with E-state index in [1.165, 1.54) is 6.42 Å². The highest BCUT2D eigenvalue weighted by Crippen LogP contribution is 2.26. The van der Waals surface area contributed by atoms with Crippen molar-refractivity contribution in [2.45, 2.75) is 41.0 Å². The van der Waals surface area contributed by atoms with E-state index in [0.29, 0.717) is 5.92 Å². The molecule has 0 aliphatic carbocycles. The van der Waals surface area contributed by atoms with E-state index in [1.807, 2.05) is 0 Å². The van der Waals surface area contributed by atoms with Crippen LogP contribution in [0.1, 0.15) is 41.0 Å². The van der Waals surface area contributed by atoms with Crippen molar-refractivity contribution in [3.63, 3.8) is 0 Å². The summed E-state index contributed by atoms with van der Waals surface area (Å²) in [7, 11) is 0. The minimum atomic E-state index is 0.602. The molecular formula is C11H23. The highest BCUT2D eigenvalue weighted by molar-refractivity contribution is 4.70. The maximum Gasteiger partial charge on any atom is -0.0365 e. The lowest BCUT2D eigenvalue weighted by Crippen LogP contribution is -2.17. The number of hydrogen-bond acceptors (Lipinski definition) is 0. The second-order valence-corrected chi connectivity index (χ2v) is 4.49. The van der Waals surface area contributed by atoms with Gasteiger partial charge in [-0.1, -0.05) is 41.5 Å². The molecule has 0 saturated carbocycles. The van der Waals surface area contributed by atoms with E-state index < -0.39 is 0 Å². The molecule has 0 aliphatic heterocycles. The lowest BCUT2D eigenvalue weighted by Gasteiger charge is -2.26. The van der Waals surface area contributed by atoms with Crippen molar-refractivity contribution in [3.05, 3.63) is 6.92 Å². The van der Waals surface area contributed by atoms with Crippen LogP contribution >= 0.6 is 0 Å². The summed E-state index contributed by atoms with van der Waals surface area (Å²) in [6.07, 6.45) is 1.27. The largest absolute Gasteiger partial charge is 0.0625 e. The van der Waals surface area contributed by atoms with Crippen LogP contribution in [0, 0.1) is 30.6 Å². The van der Waals surface area contributed by atoms with Gasteiger partial charge in [-0.05, 0) is 30.1 Å². The topological polar surface area (TPSA) is 0 Å². The molecule has 0 nitrogen and oxygen atoms in total. The third-order valence-electron chi connectivity index (χ3n) is 2.39.